The van der Waals surface area contributed by atoms with Gasteiger partial charge in [0.15, 0.2) is 0 Å². The lowest BCUT2D eigenvalue weighted by Gasteiger charge is -2.10. The van der Waals surface area contributed by atoms with Gasteiger partial charge in [-0.1, -0.05) is 48.0 Å². The largest absolute Gasteiger partial charge is 1.00 e. The first-order valence-corrected chi connectivity index (χ1v) is 8.22. The monoisotopic (exact) mass is 378 g/mol. The fourth-order valence-electron chi connectivity index (χ4n) is 2.47. The summed E-state index contributed by atoms with van der Waals surface area (Å²) >= 11 is 6.19. The number of halogens is 2. The summed E-state index contributed by atoms with van der Waals surface area (Å²) in [5.74, 6) is 0.762. The van der Waals surface area contributed by atoms with Gasteiger partial charge in [-0.2, -0.15) is 0 Å². The Balaban J connectivity index is 0.00000225. The molecule has 0 amide bonds. The Kier molecular flexibility index (Phi) is 7.31. The lowest BCUT2D eigenvalue weighted by Crippen LogP contribution is -3.00. The molecule has 0 fully saturated rings. The number of ether oxygens (including phenoxy) is 1. The number of hydrogen-bond donors (Lipinski definition) is 1. The second kappa shape index (κ2) is 9.47. The molecule has 0 bridgehead atoms. The van der Waals surface area contributed by atoms with Crippen LogP contribution in [0.5, 0.6) is 5.75 Å². The summed E-state index contributed by atoms with van der Waals surface area (Å²) in [7, 11) is 0. The molecule has 25 heavy (non-hydrogen) atoms. The molecule has 3 aromatic rings. The van der Waals surface area contributed by atoms with Crippen LogP contribution in [0.2, 0.25) is 5.02 Å². The third kappa shape index (κ3) is 5.78. The maximum atomic E-state index is 10.1. The second-order valence-corrected chi connectivity index (χ2v) is 6.06. The maximum Gasteiger partial charge on any atom is 0.244 e. The number of aliphatic hydroxyl groups is 1. The highest BCUT2D eigenvalue weighted by Gasteiger charge is 2.12. The lowest BCUT2D eigenvalue weighted by atomic mass is 10.2. The minimum atomic E-state index is -0.577. The van der Waals surface area contributed by atoms with E-state index in [2.05, 4.69) is 0 Å². The van der Waals surface area contributed by atoms with Crippen molar-refractivity contribution in [2.75, 3.05) is 6.61 Å². The van der Waals surface area contributed by atoms with Crippen molar-refractivity contribution in [1.82, 2.24) is 4.57 Å². The van der Waals surface area contributed by atoms with E-state index in [1.165, 1.54) is 0 Å². The molecule has 1 N–H and O–H groups in total. The molecular weight excluding hydrogens is 359 g/mol. The van der Waals surface area contributed by atoms with Crippen LogP contribution in [0.15, 0.2) is 73.3 Å². The highest BCUT2D eigenvalue weighted by atomic mass is 35.5. The van der Waals surface area contributed by atoms with Crippen LogP contribution >= 0.6 is 11.6 Å². The van der Waals surface area contributed by atoms with Crippen LogP contribution in [0.4, 0.5) is 0 Å². The minimum absolute atomic E-state index is 0. The molecule has 1 atom stereocenters. The van der Waals surface area contributed by atoms with Crippen LogP contribution in [0.1, 0.15) is 5.56 Å². The Morgan fingerprint density at radius 1 is 1.08 bits per heavy atom. The van der Waals surface area contributed by atoms with Crippen molar-refractivity contribution in [3.8, 4) is 5.75 Å². The van der Waals surface area contributed by atoms with E-state index in [9.17, 15) is 5.11 Å². The highest BCUT2D eigenvalue weighted by molar-refractivity contribution is 6.31. The first kappa shape index (κ1) is 19.3. The number of rotatable bonds is 7. The van der Waals surface area contributed by atoms with E-state index in [4.69, 9.17) is 16.3 Å². The quantitative estimate of drug-likeness (QED) is 0.584. The van der Waals surface area contributed by atoms with Crippen molar-refractivity contribution < 1.29 is 26.8 Å². The SMILES string of the molecule is OC(COc1ccccc1)Cn1cc[n+](Cc2ccccc2Cl)c1.[Cl-]. The number of imidazole rings is 1. The smallest absolute Gasteiger partial charge is 0.244 e. The second-order valence-electron chi connectivity index (χ2n) is 5.65. The number of benzene rings is 2. The number of para-hydroxylation sites is 1. The van der Waals surface area contributed by atoms with Crippen LogP contribution in [0.25, 0.3) is 0 Å². The standard InChI is InChI=1S/C19H20ClN2O2.ClH/c20-19-9-5-4-6-16(19)12-21-10-11-22(15-21)13-17(23)14-24-18-7-2-1-3-8-18;/h1-11,15,17,23H,12-14H2;1H/q+1;/p-1. The van der Waals surface area contributed by atoms with Crippen molar-refractivity contribution >= 4 is 11.6 Å². The topological polar surface area (TPSA) is 38.3 Å². The molecule has 1 aromatic heterocycles. The maximum absolute atomic E-state index is 10.1. The van der Waals surface area contributed by atoms with Gasteiger partial charge in [0.05, 0.1) is 0 Å². The van der Waals surface area contributed by atoms with Crippen molar-refractivity contribution in [2.45, 2.75) is 19.2 Å². The zero-order chi connectivity index (χ0) is 16.8. The zero-order valence-electron chi connectivity index (χ0n) is 13.6. The summed E-state index contributed by atoms with van der Waals surface area (Å²) in [6.07, 6.45) is 5.28. The number of aromatic nitrogens is 2. The summed E-state index contributed by atoms with van der Waals surface area (Å²) in [6, 6.07) is 17.3. The zero-order valence-corrected chi connectivity index (χ0v) is 15.1. The average Bonchev–Trinajstić information content (AvgIpc) is 3.03. The van der Waals surface area contributed by atoms with Gasteiger partial charge in [0.2, 0.25) is 6.33 Å². The summed E-state index contributed by atoms with van der Waals surface area (Å²) in [5, 5.41) is 10.9. The molecular formula is C19H20Cl2N2O2. The van der Waals surface area contributed by atoms with Gasteiger partial charge in [-0.3, -0.25) is 0 Å². The van der Waals surface area contributed by atoms with Gasteiger partial charge in [-0.15, -0.1) is 0 Å². The number of hydrogen-bond acceptors (Lipinski definition) is 2. The lowest BCUT2D eigenvalue weighted by molar-refractivity contribution is -0.687. The number of nitrogens with zero attached hydrogens (tertiary/aromatic N) is 2. The van der Waals surface area contributed by atoms with E-state index in [1.807, 2.05) is 82.5 Å². The van der Waals surface area contributed by atoms with Gasteiger partial charge in [-0.25, -0.2) is 9.13 Å². The summed E-state index contributed by atoms with van der Waals surface area (Å²) in [5.41, 5.74) is 1.06. The molecule has 132 valence electrons. The van der Waals surface area contributed by atoms with E-state index >= 15 is 0 Å². The molecule has 0 saturated carbocycles. The predicted molar refractivity (Wildman–Crippen MR) is 93.1 cm³/mol. The molecule has 0 aliphatic carbocycles. The molecule has 4 nitrogen and oxygen atoms in total. The van der Waals surface area contributed by atoms with Crippen LogP contribution < -0.4 is 21.7 Å². The Bertz CT molecular complexity index is 778. The first-order chi connectivity index (χ1) is 11.7. The Morgan fingerprint density at radius 3 is 2.56 bits per heavy atom. The fraction of sp³-hybridized carbons (Fsp3) is 0.211. The van der Waals surface area contributed by atoms with Crippen LogP contribution in [-0.4, -0.2) is 22.4 Å². The van der Waals surface area contributed by atoms with E-state index in [0.717, 1.165) is 16.3 Å². The average molecular weight is 379 g/mol. The third-order valence-corrected chi connectivity index (χ3v) is 4.03. The van der Waals surface area contributed by atoms with E-state index in [1.54, 1.807) is 0 Å². The minimum Gasteiger partial charge on any atom is -1.00 e. The predicted octanol–water partition coefficient (Wildman–Crippen LogP) is -0.0788. The third-order valence-electron chi connectivity index (χ3n) is 3.66. The van der Waals surface area contributed by atoms with E-state index in [-0.39, 0.29) is 19.0 Å². The molecule has 0 aliphatic heterocycles. The fourth-order valence-corrected chi connectivity index (χ4v) is 2.66. The summed E-state index contributed by atoms with van der Waals surface area (Å²) in [4.78, 5) is 0. The Labute approximate surface area is 158 Å². The molecule has 0 radical (unpaired) electrons. The first-order valence-electron chi connectivity index (χ1n) is 7.85. The van der Waals surface area contributed by atoms with Gasteiger partial charge in [0.1, 0.15) is 43.9 Å². The van der Waals surface area contributed by atoms with Crippen molar-refractivity contribution in [1.29, 1.82) is 0 Å². The molecule has 1 unspecified atom stereocenters. The molecule has 6 heteroatoms. The van der Waals surface area contributed by atoms with Crippen LogP contribution in [-0.2, 0) is 13.1 Å². The normalized spacial score (nSPS) is 11.6. The molecule has 0 saturated heterocycles. The Hall–Kier alpha value is -2.01. The van der Waals surface area contributed by atoms with E-state index in [0.29, 0.717) is 13.1 Å². The molecule has 3 rings (SSSR count). The summed E-state index contributed by atoms with van der Waals surface area (Å²) in [6.45, 7) is 1.43. The molecule has 2 aromatic carbocycles. The summed E-state index contributed by atoms with van der Waals surface area (Å²) < 4.78 is 9.54. The van der Waals surface area contributed by atoms with Crippen molar-refractivity contribution in [3.05, 3.63) is 83.9 Å². The molecule has 0 aliphatic rings. The van der Waals surface area contributed by atoms with Crippen LogP contribution in [0.3, 0.4) is 0 Å². The van der Waals surface area contributed by atoms with Gasteiger partial charge in [-0.05, 0) is 18.2 Å². The molecule has 0 spiro atoms. The van der Waals surface area contributed by atoms with Crippen molar-refractivity contribution in [2.24, 2.45) is 0 Å². The van der Waals surface area contributed by atoms with Crippen molar-refractivity contribution in [3.63, 3.8) is 0 Å². The van der Waals surface area contributed by atoms with Gasteiger partial charge >= 0.3 is 0 Å². The number of aliphatic hydroxyl groups excluding tert-OH is 1. The van der Waals surface area contributed by atoms with Gasteiger partial charge < -0.3 is 22.3 Å². The Morgan fingerprint density at radius 2 is 1.80 bits per heavy atom. The molecule has 1 heterocycles. The van der Waals surface area contributed by atoms with Gasteiger partial charge in [0, 0.05) is 10.6 Å². The van der Waals surface area contributed by atoms with Gasteiger partial charge in [0.25, 0.3) is 0 Å². The van der Waals surface area contributed by atoms with E-state index < -0.39 is 6.10 Å². The highest BCUT2D eigenvalue weighted by Crippen LogP contribution is 2.14. The van der Waals surface area contributed by atoms with Crippen LogP contribution in [0, 0.1) is 0 Å².